The second-order valence-corrected chi connectivity index (χ2v) is 6.83. The molecule has 0 amide bonds. The average molecular weight is 283 g/mol. The van der Waals surface area contributed by atoms with Gasteiger partial charge in [0.05, 0.1) is 0 Å². The molecule has 0 bridgehead atoms. The molecule has 1 aliphatic rings. The molecule has 0 N–H and O–H groups in total. The molecular formula is C18H21NS. The lowest BCUT2D eigenvalue weighted by molar-refractivity contribution is 0.744. The normalized spacial score (nSPS) is 17.1. The summed E-state index contributed by atoms with van der Waals surface area (Å²) in [7, 11) is 2.21. The monoisotopic (exact) mass is 283 g/mol. The molecule has 2 aromatic carbocycles. The number of aryl methyl sites for hydroxylation is 2. The molecule has 2 heteroatoms. The first-order valence-corrected chi connectivity index (χ1v) is 8.13. The third kappa shape index (κ3) is 2.71. The number of nitrogens with zero attached hydrogens (tertiary/aromatic N) is 1. The minimum absolute atomic E-state index is 0.641. The molecule has 1 aliphatic heterocycles. The Balaban J connectivity index is 1.78. The Morgan fingerprint density at radius 3 is 2.55 bits per heavy atom. The third-order valence-electron chi connectivity index (χ3n) is 3.94. The Labute approximate surface area is 126 Å². The molecule has 0 aromatic heterocycles. The molecule has 0 spiro atoms. The number of thioether (sulfide) groups is 1. The van der Waals surface area contributed by atoms with Crippen LogP contribution in [0.4, 0.5) is 5.69 Å². The molecule has 0 saturated carbocycles. The van der Waals surface area contributed by atoms with E-state index in [1.54, 1.807) is 0 Å². The van der Waals surface area contributed by atoms with Crippen LogP contribution >= 0.6 is 11.8 Å². The number of likely N-dealkylation sites (N-methyl/N-ethyl adjacent to an activating group) is 1. The highest BCUT2D eigenvalue weighted by Crippen LogP contribution is 2.39. The molecule has 0 saturated heterocycles. The summed E-state index contributed by atoms with van der Waals surface area (Å²) in [5.74, 6) is 1.84. The van der Waals surface area contributed by atoms with E-state index in [1.165, 1.54) is 33.0 Å². The smallest absolute Gasteiger partial charge is 0.0369 e. The van der Waals surface area contributed by atoms with Crippen LogP contribution in [0.2, 0.25) is 0 Å². The zero-order valence-corrected chi connectivity index (χ0v) is 13.2. The standard InChI is InChI=1S/C18H21NS/c1-13-8-14(2)10-16(9-13)19(3)11-15-12-20-18-7-5-4-6-17(15)18/h4-10,15H,11-12H2,1-3H3. The highest BCUT2D eigenvalue weighted by atomic mass is 32.2. The zero-order chi connectivity index (χ0) is 14.1. The first kappa shape index (κ1) is 13.6. The Kier molecular flexibility index (Phi) is 3.75. The van der Waals surface area contributed by atoms with Gasteiger partial charge in [-0.15, -0.1) is 11.8 Å². The van der Waals surface area contributed by atoms with Crippen molar-refractivity contribution in [1.29, 1.82) is 0 Å². The van der Waals surface area contributed by atoms with Gasteiger partial charge in [0.1, 0.15) is 0 Å². The molecule has 0 aliphatic carbocycles. The van der Waals surface area contributed by atoms with Crippen LogP contribution in [0.25, 0.3) is 0 Å². The molecule has 1 atom stereocenters. The lowest BCUT2D eigenvalue weighted by atomic mass is 10.0. The van der Waals surface area contributed by atoms with E-state index in [0.717, 1.165) is 6.54 Å². The Morgan fingerprint density at radius 2 is 1.80 bits per heavy atom. The number of benzene rings is 2. The van der Waals surface area contributed by atoms with Crippen LogP contribution in [0.1, 0.15) is 22.6 Å². The highest BCUT2D eigenvalue weighted by Gasteiger charge is 2.23. The van der Waals surface area contributed by atoms with Crippen molar-refractivity contribution in [3.63, 3.8) is 0 Å². The summed E-state index contributed by atoms with van der Waals surface area (Å²) in [4.78, 5) is 3.86. The third-order valence-corrected chi connectivity index (χ3v) is 5.19. The Morgan fingerprint density at radius 1 is 1.10 bits per heavy atom. The summed E-state index contributed by atoms with van der Waals surface area (Å²) in [6.45, 7) is 5.43. The van der Waals surface area contributed by atoms with Gasteiger partial charge in [-0.25, -0.2) is 0 Å². The number of hydrogen-bond donors (Lipinski definition) is 0. The van der Waals surface area contributed by atoms with Crippen molar-refractivity contribution in [2.45, 2.75) is 24.7 Å². The molecule has 20 heavy (non-hydrogen) atoms. The minimum Gasteiger partial charge on any atom is -0.374 e. The van der Waals surface area contributed by atoms with Gasteiger partial charge in [-0.3, -0.25) is 0 Å². The van der Waals surface area contributed by atoms with E-state index in [-0.39, 0.29) is 0 Å². The summed E-state index contributed by atoms with van der Waals surface area (Å²) in [5.41, 5.74) is 5.53. The second-order valence-electron chi connectivity index (χ2n) is 5.77. The fourth-order valence-corrected chi connectivity index (χ4v) is 4.23. The van der Waals surface area contributed by atoms with E-state index >= 15 is 0 Å². The van der Waals surface area contributed by atoms with E-state index < -0.39 is 0 Å². The van der Waals surface area contributed by atoms with Crippen LogP contribution in [0.3, 0.4) is 0 Å². The van der Waals surface area contributed by atoms with Crippen molar-refractivity contribution < 1.29 is 0 Å². The van der Waals surface area contributed by atoms with E-state index in [4.69, 9.17) is 0 Å². The van der Waals surface area contributed by atoms with Crippen LogP contribution in [0.5, 0.6) is 0 Å². The minimum atomic E-state index is 0.641. The number of anilines is 1. The zero-order valence-electron chi connectivity index (χ0n) is 12.4. The summed E-state index contributed by atoms with van der Waals surface area (Å²) in [6, 6.07) is 15.6. The van der Waals surface area contributed by atoms with Gasteiger partial charge >= 0.3 is 0 Å². The van der Waals surface area contributed by atoms with Crippen molar-refractivity contribution in [2.24, 2.45) is 0 Å². The summed E-state index contributed by atoms with van der Waals surface area (Å²) < 4.78 is 0. The fraction of sp³-hybridized carbons (Fsp3) is 0.333. The molecule has 2 aromatic rings. The summed E-state index contributed by atoms with van der Waals surface area (Å²) in [6.07, 6.45) is 0. The lowest BCUT2D eigenvalue weighted by Crippen LogP contribution is -2.24. The lowest BCUT2D eigenvalue weighted by Gasteiger charge is -2.24. The van der Waals surface area contributed by atoms with Crippen molar-refractivity contribution in [3.05, 3.63) is 59.2 Å². The summed E-state index contributed by atoms with van der Waals surface area (Å²) >= 11 is 1.99. The fourth-order valence-electron chi connectivity index (χ4n) is 2.99. The molecule has 1 unspecified atom stereocenters. The maximum absolute atomic E-state index is 2.40. The molecule has 0 fully saturated rings. The Hall–Kier alpha value is -1.41. The van der Waals surface area contributed by atoms with Crippen molar-refractivity contribution in [1.82, 2.24) is 0 Å². The van der Waals surface area contributed by atoms with Gasteiger partial charge in [0, 0.05) is 35.8 Å². The second kappa shape index (κ2) is 5.53. The summed E-state index contributed by atoms with van der Waals surface area (Å²) in [5, 5.41) is 0. The van der Waals surface area contributed by atoms with Gasteiger partial charge in [0.15, 0.2) is 0 Å². The van der Waals surface area contributed by atoms with Crippen LogP contribution in [-0.4, -0.2) is 19.3 Å². The topological polar surface area (TPSA) is 3.24 Å². The van der Waals surface area contributed by atoms with Crippen molar-refractivity contribution in [3.8, 4) is 0 Å². The predicted octanol–water partition coefficient (Wildman–Crippen LogP) is 4.63. The van der Waals surface area contributed by atoms with Crippen molar-refractivity contribution in [2.75, 3.05) is 24.2 Å². The molecule has 1 nitrogen and oxygen atoms in total. The van der Waals surface area contributed by atoms with Gasteiger partial charge in [-0.1, -0.05) is 24.3 Å². The van der Waals surface area contributed by atoms with Crippen LogP contribution < -0.4 is 4.90 Å². The average Bonchev–Trinajstić information content (AvgIpc) is 2.81. The molecule has 104 valence electrons. The van der Waals surface area contributed by atoms with Crippen molar-refractivity contribution >= 4 is 17.4 Å². The van der Waals surface area contributed by atoms with E-state index in [9.17, 15) is 0 Å². The van der Waals surface area contributed by atoms with E-state index in [0.29, 0.717) is 5.92 Å². The quantitative estimate of drug-likeness (QED) is 0.808. The van der Waals surface area contributed by atoms with E-state index in [2.05, 4.69) is 68.3 Å². The maximum Gasteiger partial charge on any atom is 0.0369 e. The molecular weight excluding hydrogens is 262 g/mol. The van der Waals surface area contributed by atoms with Gasteiger partial charge < -0.3 is 4.90 Å². The number of hydrogen-bond acceptors (Lipinski definition) is 2. The van der Waals surface area contributed by atoms with Crippen LogP contribution in [0, 0.1) is 13.8 Å². The number of rotatable bonds is 3. The first-order chi connectivity index (χ1) is 9.63. The molecule has 1 heterocycles. The van der Waals surface area contributed by atoms with Gasteiger partial charge in [-0.2, -0.15) is 0 Å². The molecule has 3 rings (SSSR count). The van der Waals surface area contributed by atoms with Gasteiger partial charge in [0.2, 0.25) is 0 Å². The largest absolute Gasteiger partial charge is 0.374 e. The van der Waals surface area contributed by atoms with Gasteiger partial charge in [-0.05, 0) is 48.7 Å². The molecule has 0 radical (unpaired) electrons. The van der Waals surface area contributed by atoms with Crippen LogP contribution in [0.15, 0.2) is 47.4 Å². The van der Waals surface area contributed by atoms with E-state index in [1.807, 2.05) is 11.8 Å². The Bertz CT molecular complexity index is 600. The van der Waals surface area contributed by atoms with Crippen LogP contribution in [-0.2, 0) is 0 Å². The predicted molar refractivity (Wildman–Crippen MR) is 89.1 cm³/mol. The maximum atomic E-state index is 2.40. The first-order valence-electron chi connectivity index (χ1n) is 7.14. The number of fused-ring (bicyclic) bond motifs is 1. The highest BCUT2D eigenvalue weighted by molar-refractivity contribution is 7.99. The SMILES string of the molecule is Cc1cc(C)cc(N(C)CC2CSc3ccccc32)c1. The van der Waals surface area contributed by atoms with Gasteiger partial charge in [0.25, 0.3) is 0 Å².